The molecule has 0 unspecified atom stereocenters. The van der Waals surface area contributed by atoms with Crippen molar-refractivity contribution in [3.8, 4) is 5.75 Å². The topological polar surface area (TPSA) is 73.2 Å². The van der Waals surface area contributed by atoms with Gasteiger partial charge in [-0.05, 0) is 31.2 Å². The summed E-state index contributed by atoms with van der Waals surface area (Å²) in [5.74, 6) is -0.276. The van der Waals surface area contributed by atoms with E-state index in [9.17, 15) is 14.0 Å². The van der Waals surface area contributed by atoms with Gasteiger partial charge in [-0.2, -0.15) is 0 Å². The molecular formula is C15H16FN3O3. The Morgan fingerprint density at radius 1 is 1.36 bits per heavy atom. The number of nitrogens with zero attached hydrogens (tertiary/aromatic N) is 2. The van der Waals surface area contributed by atoms with Crippen LogP contribution < -0.4 is 15.6 Å². The lowest BCUT2D eigenvalue weighted by Gasteiger charge is -2.08. The van der Waals surface area contributed by atoms with Crippen molar-refractivity contribution in [2.75, 3.05) is 13.2 Å². The molecule has 22 heavy (non-hydrogen) atoms. The van der Waals surface area contributed by atoms with E-state index < -0.39 is 0 Å². The Labute approximate surface area is 126 Å². The lowest BCUT2D eigenvalue weighted by atomic mass is 10.3. The van der Waals surface area contributed by atoms with Gasteiger partial charge in [0.15, 0.2) is 6.61 Å². The predicted octanol–water partition coefficient (Wildman–Crippen LogP) is 0.886. The highest BCUT2D eigenvalue weighted by Gasteiger charge is 2.03. The maximum absolute atomic E-state index is 12.7. The van der Waals surface area contributed by atoms with Crippen LogP contribution in [0.4, 0.5) is 4.39 Å². The maximum atomic E-state index is 12.7. The van der Waals surface area contributed by atoms with Crippen molar-refractivity contribution in [2.24, 2.45) is 0 Å². The minimum Gasteiger partial charge on any atom is -0.484 e. The molecule has 1 aromatic carbocycles. The molecule has 1 heterocycles. The van der Waals surface area contributed by atoms with Crippen molar-refractivity contribution < 1.29 is 13.9 Å². The smallest absolute Gasteiger partial charge is 0.258 e. The zero-order chi connectivity index (χ0) is 15.9. The number of hydrogen-bond donors (Lipinski definition) is 1. The number of hydrogen-bond acceptors (Lipinski definition) is 4. The summed E-state index contributed by atoms with van der Waals surface area (Å²) in [5.41, 5.74) is 0.488. The quantitative estimate of drug-likeness (QED) is 0.860. The number of carbonyl (C=O) groups is 1. The second kappa shape index (κ2) is 7.35. The molecule has 2 rings (SSSR count). The average molecular weight is 305 g/mol. The van der Waals surface area contributed by atoms with Crippen LogP contribution in [-0.4, -0.2) is 28.6 Å². The number of nitrogens with one attached hydrogen (secondary N) is 1. The van der Waals surface area contributed by atoms with Crippen molar-refractivity contribution >= 4 is 5.91 Å². The number of rotatable bonds is 6. The van der Waals surface area contributed by atoms with E-state index in [0.29, 0.717) is 18.0 Å². The molecule has 0 fully saturated rings. The van der Waals surface area contributed by atoms with Crippen molar-refractivity contribution in [2.45, 2.75) is 13.5 Å². The highest BCUT2D eigenvalue weighted by atomic mass is 19.1. The van der Waals surface area contributed by atoms with Crippen molar-refractivity contribution in [3.05, 3.63) is 58.5 Å². The van der Waals surface area contributed by atoms with Gasteiger partial charge in [0.05, 0.1) is 6.33 Å². The average Bonchev–Trinajstić information content (AvgIpc) is 2.49. The fourth-order valence-corrected chi connectivity index (χ4v) is 1.73. The minimum atomic E-state index is -0.367. The van der Waals surface area contributed by atoms with Gasteiger partial charge in [0.2, 0.25) is 0 Å². The molecular weight excluding hydrogens is 289 g/mol. The molecule has 6 nitrogen and oxygen atoms in total. The number of halogens is 1. The molecule has 116 valence electrons. The molecule has 0 radical (unpaired) electrons. The normalized spacial score (nSPS) is 10.3. The molecule has 0 spiro atoms. The fourth-order valence-electron chi connectivity index (χ4n) is 1.73. The third kappa shape index (κ3) is 4.69. The molecule has 0 saturated heterocycles. The summed E-state index contributed by atoms with van der Waals surface area (Å²) in [6, 6.07) is 6.83. The summed E-state index contributed by atoms with van der Waals surface area (Å²) in [4.78, 5) is 27.2. The molecule has 0 aliphatic carbocycles. The van der Waals surface area contributed by atoms with Gasteiger partial charge in [-0.1, -0.05) is 0 Å². The van der Waals surface area contributed by atoms with Gasteiger partial charge in [-0.3, -0.25) is 14.2 Å². The van der Waals surface area contributed by atoms with Gasteiger partial charge < -0.3 is 10.1 Å². The summed E-state index contributed by atoms with van der Waals surface area (Å²) in [5, 5.41) is 2.63. The number of aromatic nitrogens is 2. The van der Waals surface area contributed by atoms with Crippen LogP contribution in [0.15, 0.2) is 41.5 Å². The summed E-state index contributed by atoms with van der Waals surface area (Å²) in [6.07, 6.45) is 1.44. The Hall–Kier alpha value is -2.70. The van der Waals surface area contributed by atoms with Gasteiger partial charge >= 0.3 is 0 Å². The van der Waals surface area contributed by atoms with E-state index in [1.807, 2.05) is 0 Å². The van der Waals surface area contributed by atoms with Crippen LogP contribution >= 0.6 is 0 Å². The van der Waals surface area contributed by atoms with E-state index in [4.69, 9.17) is 4.74 Å². The summed E-state index contributed by atoms with van der Waals surface area (Å²) in [7, 11) is 0. The van der Waals surface area contributed by atoms with Crippen LogP contribution in [0, 0.1) is 12.7 Å². The Morgan fingerprint density at radius 3 is 2.77 bits per heavy atom. The summed E-state index contributed by atoms with van der Waals surface area (Å²) >= 11 is 0. The van der Waals surface area contributed by atoms with Gasteiger partial charge in [0.25, 0.3) is 11.5 Å². The van der Waals surface area contributed by atoms with Crippen molar-refractivity contribution in [1.82, 2.24) is 14.9 Å². The summed E-state index contributed by atoms with van der Waals surface area (Å²) in [6.45, 7) is 2.18. The number of carbonyl (C=O) groups excluding carboxylic acids is 1. The second-order valence-electron chi connectivity index (χ2n) is 4.65. The lowest BCUT2D eigenvalue weighted by Crippen LogP contribution is -2.33. The third-order valence-electron chi connectivity index (χ3n) is 2.87. The van der Waals surface area contributed by atoms with Gasteiger partial charge in [0.1, 0.15) is 11.6 Å². The number of amides is 1. The zero-order valence-corrected chi connectivity index (χ0v) is 12.1. The van der Waals surface area contributed by atoms with E-state index >= 15 is 0 Å². The molecule has 1 N–H and O–H groups in total. The number of ether oxygens (including phenoxy) is 1. The SMILES string of the molecule is Cc1cc(=O)n(CCNC(=O)COc2ccc(F)cc2)cn1. The number of benzene rings is 1. The highest BCUT2D eigenvalue weighted by Crippen LogP contribution is 2.10. The van der Waals surface area contributed by atoms with Gasteiger partial charge in [-0.15, -0.1) is 0 Å². The Bertz CT molecular complexity index is 698. The van der Waals surface area contributed by atoms with Gasteiger partial charge in [-0.25, -0.2) is 9.37 Å². The van der Waals surface area contributed by atoms with Crippen molar-refractivity contribution in [1.29, 1.82) is 0 Å². The zero-order valence-electron chi connectivity index (χ0n) is 12.1. The van der Waals surface area contributed by atoms with Crippen molar-refractivity contribution in [3.63, 3.8) is 0 Å². The van der Waals surface area contributed by atoms with E-state index in [-0.39, 0.29) is 30.4 Å². The fraction of sp³-hybridized carbons (Fsp3) is 0.267. The third-order valence-corrected chi connectivity index (χ3v) is 2.87. The first-order valence-electron chi connectivity index (χ1n) is 6.73. The monoisotopic (exact) mass is 305 g/mol. The summed E-state index contributed by atoms with van der Waals surface area (Å²) < 4.78 is 19.3. The molecule has 0 atom stereocenters. The van der Waals surface area contributed by atoms with E-state index in [1.54, 1.807) is 6.92 Å². The second-order valence-corrected chi connectivity index (χ2v) is 4.65. The molecule has 1 aromatic heterocycles. The van der Waals surface area contributed by atoms with E-state index in [2.05, 4.69) is 10.3 Å². The molecule has 0 bridgehead atoms. The predicted molar refractivity (Wildman–Crippen MR) is 78.1 cm³/mol. The number of aryl methyl sites for hydroxylation is 1. The Kier molecular flexibility index (Phi) is 5.24. The maximum Gasteiger partial charge on any atom is 0.258 e. The molecule has 2 aromatic rings. The Balaban J connectivity index is 1.73. The van der Waals surface area contributed by atoms with Crippen LogP contribution in [-0.2, 0) is 11.3 Å². The minimum absolute atomic E-state index is 0.163. The first-order valence-corrected chi connectivity index (χ1v) is 6.73. The highest BCUT2D eigenvalue weighted by molar-refractivity contribution is 5.77. The lowest BCUT2D eigenvalue weighted by molar-refractivity contribution is -0.123. The Morgan fingerprint density at radius 2 is 2.09 bits per heavy atom. The first-order chi connectivity index (χ1) is 10.5. The first kappa shape index (κ1) is 15.7. The molecule has 0 aliphatic rings. The van der Waals surface area contributed by atoms with E-state index in [0.717, 1.165) is 0 Å². The van der Waals surface area contributed by atoms with Crippen LogP contribution in [0.25, 0.3) is 0 Å². The van der Waals surface area contributed by atoms with Gasteiger partial charge in [0, 0.05) is 24.8 Å². The van der Waals surface area contributed by atoms with Crippen LogP contribution in [0.1, 0.15) is 5.69 Å². The van der Waals surface area contributed by atoms with Crippen LogP contribution in [0.5, 0.6) is 5.75 Å². The molecule has 0 aliphatic heterocycles. The standard InChI is InChI=1S/C15H16FN3O3/c1-11-8-15(21)19(10-18-11)7-6-17-14(20)9-22-13-4-2-12(16)3-5-13/h2-5,8,10H,6-7,9H2,1H3,(H,17,20). The molecule has 7 heteroatoms. The van der Waals surface area contributed by atoms with Crippen LogP contribution in [0.2, 0.25) is 0 Å². The largest absolute Gasteiger partial charge is 0.484 e. The van der Waals surface area contributed by atoms with Crippen LogP contribution in [0.3, 0.4) is 0 Å². The molecule has 0 saturated carbocycles. The van der Waals surface area contributed by atoms with E-state index in [1.165, 1.54) is 41.2 Å². The molecule has 1 amide bonds.